The summed E-state index contributed by atoms with van der Waals surface area (Å²) in [4.78, 5) is 0. The minimum Gasteiger partial charge on any atom is -0.508 e. The molecule has 0 heterocycles. The number of aryl methyl sites for hydroxylation is 2. The minimum atomic E-state index is -1.67. The molecule has 0 saturated heterocycles. The lowest BCUT2D eigenvalue weighted by Crippen LogP contribution is -2.29. The molecule has 0 unspecified atom stereocenters. The highest BCUT2D eigenvalue weighted by molar-refractivity contribution is 6.44. The SMILES string of the molecule is CCCCc1ccc(-c2ccc(O)cc2CCC[SiH](OC(C)C)OC(C)C)cc1. The highest BCUT2D eigenvalue weighted by Gasteiger charge is 2.17. The van der Waals surface area contributed by atoms with Crippen molar-refractivity contribution in [1.29, 1.82) is 0 Å². The lowest BCUT2D eigenvalue weighted by atomic mass is 9.95. The first-order valence-corrected chi connectivity index (χ1v) is 12.9. The van der Waals surface area contributed by atoms with Crippen LogP contribution in [-0.2, 0) is 21.7 Å². The van der Waals surface area contributed by atoms with Crippen molar-refractivity contribution >= 4 is 9.28 Å². The van der Waals surface area contributed by atoms with Crippen LogP contribution in [0.25, 0.3) is 11.1 Å². The lowest BCUT2D eigenvalue weighted by molar-refractivity contribution is 0.129. The molecule has 29 heavy (non-hydrogen) atoms. The fraction of sp³-hybridized carbons (Fsp3) is 0.520. The largest absolute Gasteiger partial charge is 0.508 e. The number of phenols is 1. The summed E-state index contributed by atoms with van der Waals surface area (Å²) in [6, 6.07) is 15.6. The fourth-order valence-corrected chi connectivity index (χ4v) is 5.62. The third-order valence-corrected chi connectivity index (χ3v) is 7.48. The van der Waals surface area contributed by atoms with E-state index in [2.05, 4.69) is 58.9 Å². The van der Waals surface area contributed by atoms with E-state index in [1.807, 2.05) is 12.1 Å². The average Bonchev–Trinajstić information content (AvgIpc) is 2.66. The first-order valence-electron chi connectivity index (χ1n) is 11.1. The highest BCUT2D eigenvalue weighted by atomic mass is 28.3. The van der Waals surface area contributed by atoms with Crippen molar-refractivity contribution in [3.8, 4) is 16.9 Å². The monoisotopic (exact) mass is 414 g/mol. The van der Waals surface area contributed by atoms with Crippen LogP contribution in [0.3, 0.4) is 0 Å². The van der Waals surface area contributed by atoms with Gasteiger partial charge in [-0.3, -0.25) is 0 Å². The Hall–Kier alpha value is -1.62. The summed E-state index contributed by atoms with van der Waals surface area (Å²) < 4.78 is 12.1. The predicted octanol–water partition coefficient (Wildman–Crippen LogP) is 6.40. The van der Waals surface area contributed by atoms with Crippen molar-refractivity contribution in [1.82, 2.24) is 0 Å². The van der Waals surface area contributed by atoms with E-state index in [4.69, 9.17) is 8.85 Å². The molecule has 0 fully saturated rings. The van der Waals surface area contributed by atoms with Crippen molar-refractivity contribution in [2.45, 2.75) is 85.0 Å². The van der Waals surface area contributed by atoms with Gasteiger partial charge in [0.15, 0.2) is 0 Å². The summed E-state index contributed by atoms with van der Waals surface area (Å²) >= 11 is 0. The van der Waals surface area contributed by atoms with E-state index >= 15 is 0 Å². The Morgan fingerprint density at radius 1 is 0.862 bits per heavy atom. The van der Waals surface area contributed by atoms with Gasteiger partial charge in [-0.05, 0) is 93.8 Å². The number of hydrogen-bond donors (Lipinski definition) is 1. The Balaban J connectivity index is 2.07. The molecule has 0 aliphatic rings. The second kappa shape index (κ2) is 12.2. The number of rotatable bonds is 12. The van der Waals surface area contributed by atoms with Gasteiger partial charge in [-0.2, -0.15) is 0 Å². The molecule has 0 aliphatic carbocycles. The molecular formula is C25H38O3Si. The standard InChI is InChI=1S/C25H38O3Si/c1-6-7-9-21-11-13-22(14-12-21)25-16-15-24(26)18-23(25)10-8-17-29(27-19(2)3)28-20(4)5/h11-16,18-20,26,29H,6-10,17H2,1-5H3. The molecule has 0 radical (unpaired) electrons. The smallest absolute Gasteiger partial charge is 0.321 e. The number of benzene rings is 2. The van der Waals surface area contributed by atoms with Gasteiger partial charge in [0.05, 0.1) is 0 Å². The molecule has 1 N–H and O–H groups in total. The summed E-state index contributed by atoms with van der Waals surface area (Å²) in [6.07, 6.45) is 5.90. The fourth-order valence-electron chi connectivity index (χ4n) is 3.53. The molecular weight excluding hydrogens is 376 g/mol. The topological polar surface area (TPSA) is 38.7 Å². The Morgan fingerprint density at radius 3 is 2.10 bits per heavy atom. The van der Waals surface area contributed by atoms with E-state index in [1.165, 1.54) is 35.1 Å². The van der Waals surface area contributed by atoms with Crippen LogP contribution in [0.1, 0.15) is 65.0 Å². The molecule has 0 spiro atoms. The summed E-state index contributed by atoms with van der Waals surface area (Å²) in [7, 11) is -1.67. The molecule has 160 valence electrons. The van der Waals surface area contributed by atoms with Crippen LogP contribution in [0.15, 0.2) is 42.5 Å². The molecule has 3 nitrogen and oxygen atoms in total. The minimum absolute atomic E-state index is 0.202. The maximum absolute atomic E-state index is 10.0. The zero-order chi connectivity index (χ0) is 21.2. The van der Waals surface area contributed by atoms with Gasteiger partial charge in [0.2, 0.25) is 0 Å². The maximum Gasteiger partial charge on any atom is 0.321 e. The normalized spacial score (nSPS) is 11.7. The van der Waals surface area contributed by atoms with Crippen molar-refractivity contribution in [3.05, 3.63) is 53.6 Å². The van der Waals surface area contributed by atoms with Gasteiger partial charge in [-0.15, -0.1) is 0 Å². The van der Waals surface area contributed by atoms with Gasteiger partial charge in [-0.25, -0.2) is 0 Å². The van der Waals surface area contributed by atoms with Crippen LogP contribution in [0.2, 0.25) is 6.04 Å². The van der Waals surface area contributed by atoms with Crippen LogP contribution in [-0.4, -0.2) is 26.6 Å². The second-order valence-electron chi connectivity index (χ2n) is 8.33. The third-order valence-electron chi connectivity index (χ3n) is 4.91. The summed E-state index contributed by atoms with van der Waals surface area (Å²) in [5.41, 5.74) is 5.00. The predicted molar refractivity (Wildman–Crippen MR) is 125 cm³/mol. The van der Waals surface area contributed by atoms with Gasteiger partial charge in [0, 0.05) is 12.2 Å². The van der Waals surface area contributed by atoms with Gasteiger partial charge >= 0.3 is 9.28 Å². The first-order chi connectivity index (χ1) is 13.9. The summed E-state index contributed by atoms with van der Waals surface area (Å²) in [5.74, 6) is 0.328. The number of unbranched alkanes of at least 4 members (excludes halogenated alkanes) is 1. The molecule has 2 aromatic rings. The molecule has 0 saturated carbocycles. The zero-order valence-corrected chi connectivity index (χ0v) is 19.9. The van der Waals surface area contributed by atoms with E-state index in [-0.39, 0.29) is 12.2 Å². The van der Waals surface area contributed by atoms with Crippen molar-refractivity contribution in [2.24, 2.45) is 0 Å². The number of phenolic OH excluding ortho intramolecular Hbond substituents is 1. The van der Waals surface area contributed by atoms with E-state index < -0.39 is 9.28 Å². The van der Waals surface area contributed by atoms with E-state index in [0.29, 0.717) is 5.75 Å². The summed E-state index contributed by atoms with van der Waals surface area (Å²) in [5, 5.41) is 10.0. The second-order valence-corrected chi connectivity index (χ2v) is 10.3. The van der Waals surface area contributed by atoms with E-state index in [9.17, 15) is 5.11 Å². The molecule has 0 amide bonds. The van der Waals surface area contributed by atoms with Crippen molar-refractivity contribution < 1.29 is 14.0 Å². The molecule has 0 aliphatic heterocycles. The molecule has 2 aromatic carbocycles. The van der Waals surface area contributed by atoms with Crippen LogP contribution < -0.4 is 0 Å². The van der Waals surface area contributed by atoms with Crippen molar-refractivity contribution in [2.75, 3.05) is 0 Å². The lowest BCUT2D eigenvalue weighted by Gasteiger charge is -2.21. The number of aromatic hydroxyl groups is 1. The highest BCUT2D eigenvalue weighted by Crippen LogP contribution is 2.29. The maximum atomic E-state index is 10.0. The molecule has 4 heteroatoms. The molecule has 2 rings (SSSR count). The third kappa shape index (κ3) is 8.33. The molecule has 0 bridgehead atoms. The summed E-state index contributed by atoms with van der Waals surface area (Å²) in [6.45, 7) is 10.5. The van der Waals surface area contributed by atoms with Gasteiger partial charge in [0.25, 0.3) is 0 Å². The Labute approximate surface area is 178 Å². The average molecular weight is 415 g/mol. The van der Waals surface area contributed by atoms with E-state index in [0.717, 1.165) is 25.3 Å². The van der Waals surface area contributed by atoms with Crippen LogP contribution in [0.5, 0.6) is 5.75 Å². The molecule has 0 atom stereocenters. The quantitative estimate of drug-likeness (QED) is 0.408. The van der Waals surface area contributed by atoms with Gasteiger partial charge in [0.1, 0.15) is 5.75 Å². The zero-order valence-electron chi connectivity index (χ0n) is 18.8. The number of hydrogen-bond acceptors (Lipinski definition) is 3. The molecule has 0 aromatic heterocycles. The first kappa shape index (κ1) is 23.7. The van der Waals surface area contributed by atoms with Gasteiger partial charge < -0.3 is 14.0 Å². The Bertz CT molecular complexity index is 715. The van der Waals surface area contributed by atoms with Crippen molar-refractivity contribution in [3.63, 3.8) is 0 Å². The Morgan fingerprint density at radius 2 is 1.52 bits per heavy atom. The van der Waals surface area contributed by atoms with Crippen LogP contribution >= 0.6 is 0 Å². The van der Waals surface area contributed by atoms with Crippen LogP contribution in [0, 0.1) is 0 Å². The van der Waals surface area contributed by atoms with Gasteiger partial charge in [-0.1, -0.05) is 43.7 Å². The van der Waals surface area contributed by atoms with Crippen LogP contribution in [0.4, 0.5) is 0 Å². The Kier molecular flexibility index (Phi) is 9.92. The van der Waals surface area contributed by atoms with E-state index in [1.54, 1.807) is 6.07 Å².